The van der Waals surface area contributed by atoms with E-state index in [1.54, 1.807) is 6.08 Å². The Labute approximate surface area is 159 Å². The van der Waals surface area contributed by atoms with Gasteiger partial charge in [0.15, 0.2) is 5.75 Å². The first kappa shape index (κ1) is 17.6. The van der Waals surface area contributed by atoms with Gasteiger partial charge in [0.25, 0.3) is 0 Å². The lowest BCUT2D eigenvalue weighted by Gasteiger charge is -2.32. The molecule has 5 nitrogen and oxygen atoms in total. The molecule has 0 aromatic heterocycles. The van der Waals surface area contributed by atoms with Gasteiger partial charge in [0.2, 0.25) is 11.6 Å². The zero-order valence-electron chi connectivity index (χ0n) is 15.2. The van der Waals surface area contributed by atoms with Gasteiger partial charge in [-0.05, 0) is 55.1 Å². The third-order valence-corrected chi connectivity index (χ3v) is 5.36. The summed E-state index contributed by atoms with van der Waals surface area (Å²) >= 11 is 0. The van der Waals surface area contributed by atoms with E-state index in [4.69, 9.17) is 4.84 Å². The Morgan fingerprint density at radius 1 is 1.00 bits per heavy atom. The number of fused-ring (bicyclic) bond motifs is 1. The molecule has 0 spiro atoms. The van der Waals surface area contributed by atoms with Crippen molar-refractivity contribution in [3.8, 4) is 11.5 Å². The highest BCUT2D eigenvalue weighted by Crippen LogP contribution is 2.37. The average Bonchev–Trinajstić information content (AvgIpc) is 2.88. The fourth-order valence-electron chi connectivity index (χ4n) is 3.81. The topological polar surface area (TPSA) is 65.3 Å². The number of hydrogen-bond donors (Lipinski definition) is 2. The van der Waals surface area contributed by atoms with Crippen molar-refractivity contribution in [2.24, 2.45) is 11.1 Å². The first-order valence-corrected chi connectivity index (χ1v) is 9.42. The number of oxime groups is 1. The van der Waals surface area contributed by atoms with Crippen LogP contribution in [0.5, 0.6) is 11.5 Å². The smallest absolute Gasteiger partial charge is 0.248 e. The van der Waals surface area contributed by atoms with Crippen LogP contribution in [0.15, 0.2) is 53.7 Å². The molecule has 0 atom stereocenters. The number of phenolic OH excluding ortho intramolecular Hbond substituents is 1. The Bertz CT molecular complexity index is 853. The van der Waals surface area contributed by atoms with Gasteiger partial charge in [-0.1, -0.05) is 42.5 Å². The summed E-state index contributed by atoms with van der Waals surface area (Å²) in [4.78, 5) is 7.58. The second-order valence-electron chi connectivity index (χ2n) is 7.27. The second kappa shape index (κ2) is 7.84. The molecule has 0 amide bonds. The van der Waals surface area contributed by atoms with Crippen molar-refractivity contribution in [2.75, 3.05) is 13.1 Å². The fraction of sp³-hybridized carbons (Fsp3) is 0.318. The molecule has 2 aliphatic heterocycles. The number of likely N-dealkylation sites (tertiary alicyclic amines) is 1. The highest BCUT2D eigenvalue weighted by molar-refractivity contribution is 5.91. The van der Waals surface area contributed by atoms with E-state index in [-0.39, 0.29) is 11.6 Å². The molecular weight excluding hydrogens is 340 g/mol. The first-order chi connectivity index (χ1) is 13.2. The Hall–Kier alpha value is -2.79. The molecule has 2 heterocycles. The molecule has 1 fully saturated rings. The summed E-state index contributed by atoms with van der Waals surface area (Å²) in [6.45, 7) is 2.72. The largest absolute Gasteiger partial charge is 0.504 e. The lowest BCUT2D eigenvalue weighted by atomic mass is 9.90. The van der Waals surface area contributed by atoms with Crippen LogP contribution >= 0.6 is 0 Å². The summed E-state index contributed by atoms with van der Waals surface area (Å²) in [6, 6.07) is 14.5. The van der Waals surface area contributed by atoms with Crippen LogP contribution in [0.25, 0.3) is 6.08 Å². The standard InChI is InChI=1S/C22H24N2O3/c25-20-9-8-18-6-7-19(21(26)22(18)27-23-20)15-24-12-10-17(11-13-24)14-16-4-2-1-3-5-16/h1-9,17,26H,10-15H2,(H,23,25). The van der Waals surface area contributed by atoms with Gasteiger partial charge in [-0.3, -0.25) is 4.90 Å². The molecule has 2 aromatic rings. The van der Waals surface area contributed by atoms with Crippen LogP contribution in [0.2, 0.25) is 0 Å². The molecule has 0 saturated carbocycles. The molecular formula is C22H24N2O3. The summed E-state index contributed by atoms with van der Waals surface area (Å²) in [5, 5.41) is 23.6. The number of hydrogen-bond acceptors (Lipinski definition) is 4. The maximum absolute atomic E-state index is 10.6. The van der Waals surface area contributed by atoms with E-state index in [2.05, 4.69) is 40.4 Å². The summed E-state index contributed by atoms with van der Waals surface area (Å²) in [6.07, 6.45) is 6.60. The van der Waals surface area contributed by atoms with Crippen LogP contribution in [-0.2, 0) is 13.0 Å². The van der Waals surface area contributed by atoms with E-state index in [9.17, 15) is 10.2 Å². The van der Waals surface area contributed by atoms with Crippen LogP contribution in [0.1, 0.15) is 29.5 Å². The molecule has 0 unspecified atom stereocenters. The fourth-order valence-corrected chi connectivity index (χ4v) is 3.81. The van der Waals surface area contributed by atoms with Gasteiger partial charge in [-0.15, -0.1) is 0 Å². The molecule has 2 N–H and O–H groups in total. The van der Waals surface area contributed by atoms with Gasteiger partial charge in [0.1, 0.15) is 0 Å². The second-order valence-corrected chi connectivity index (χ2v) is 7.27. The molecule has 0 aliphatic carbocycles. The zero-order valence-corrected chi connectivity index (χ0v) is 15.2. The molecule has 0 bridgehead atoms. The summed E-state index contributed by atoms with van der Waals surface area (Å²) in [5.41, 5.74) is 2.93. The molecule has 2 aliphatic rings. The Morgan fingerprint density at radius 3 is 2.56 bits per heavy atom. The van der Waals surface area contributed by atoms with Gasteiger partial charge in [0.05, 0.1) is 0 Å². The van der Waals surface area contributed by atoms with E-state index in [0.717, 1.165) is 43.8 Å². The zero-order chi connectivity index (χ0) is 18.6. The van der Waals surface area contributed by atoms with Gasteiger partial charge in [-0.2, -0.15) is 0 Å². The average molecular weight is 364 g/mol. The molecule has 27 heavy (non-hydrogen) atoms. The minimum atomic E-state index is -0.215. The van der Waals surface area contributed by atoms with Crippen molar-refractivity contribution >= 4 is 12.0 Å². The van der Waals surface area contributed by atoms with E-state index < -0.39 is 0 Å². The van der Waals surface area contributed by atoms with Crippen molar-refractivity contribution in [2.45, 2.75) is 25.8 Å². The molecule has 5 heteroatoms. The van der Waals surface area contributed by atoms with Crippen molar-refractivity contribution in [3.05, 3.63) is 65.2 Å². The highest BCUT2D eigenvalue weighted by Gasteiger charge is 2.22. The molecule has 140 valence electrons. The van der Waals surface area contributed by atoms with Crippen molar-refractivity contribution in [3.63, 3.8) is 0 Å². The normalized spacial score (nSPS) is 17.7. The van der Waals surface area contributed by atoms with Crippen LogP contribution < -0.4 is 4.84 Å². The van der Waals surface area contributed by atoms with E-state index in [1.165, 1.54) is 11.6 Å². The van der Waals surface area contributed by atoms with Crippen molar-refractivity contribution in [1.29, 1.82) is 0 Å². The lowest BCUT2D eigenvalue weighted by Crippen LogP contribution is -2.33. The first-order valence-electron chi connectivity index (χ1n) is 9.42. The predicted molar refractivity (Wildman–Crippen MR) is 106 cm³/mol. The molecule has 4 rings (SSSR count). The van der Waals surface area contributed by atoms with Crippen LogP contribution in [0, 0.1) is 5.92 Å². The summed E-state index contributed by atoms with van der Waals surface area (Å²) in [7, 11) is 0. The molecule has 1 saturated heterocycles. The third-order valence-electron chi connectivity index (χ3n) is 5.36. The van der Waals surface area contributed by atoms with E-state index in [1.807, 2.05) is 12.1 Å². The minimum Gasteiger partial charge on any atom is -0.504 e. The Morgan fingerprint density at radius 2 is 1.78 bits per heavy atom. The van der Waals surface area contributed by atoms with Crippen LogP contribution in [0.3, 0.4) is 0 Å². The predicted octanol–water partition coefficient (Wildman–Crippen LogP) is 4.12. The molecule has 0 radical (unpaired) electrons. The van der Waals surface area contributed by atoms with E-state index in [0.29, 0.717) is 17.9 Å². The quantitative estimate of drug-likeness (QED) is 0.856. The number of aliphatic hydroxyl groups excluding tert-OH is 1. The maximum atomic E-state index is 10.6. The van der Waals surface area contributed by atoms with Gasteiger partial charge in [-0.25, -0.2) is 0 Å². The number of piperidine rings is 1. The number of aliphatic hydroxyl groups is 1. The minimum absolute atomic E-state index is 0.0991. The Kier molecular flexibility index (Phi) is 5.12. The summed E-state index contributed by atoms with van der Waals surface area (Å²) in [5.74, 6) is 0.900. The number of aromatic hydroxyl groups is 1. The monoisotopic (exact) mass is 364 g/mol. The van der Waals surface area contributed by atoms with Gasteiger partial charge >= 0.3 is 0 Å². The number of benzene rings is 2. The van der Waals surface area contributed by atoms with Gasteiger partial charge in [0, 0.05) is 23.7 Å². The van der Waals surface area contributed by atoms with Gasteiger partial charge < -0.3 is 15.1 Å². The molecule has 2 aromatic carbocycles. The summed E-state index contributed by atoms with van der Waals surface area (Å²) < 4.78 is 0. The number of rotatable bonds is 4. The Balaban J connectivity index is 1.38. The maximum Gasteiger partial charge on any atom is 0.248 e. The number of nitrogens with zero attached hydrogens (tertiary/aromatic N) is 2. The SMILES string of the molecule is OC1=NOc2c(ccc(CN3CCC(Cc4ccccc4)CC3)c2O)C=C1. The van der Waals surface area contributed by atoms with Crippen molar-refractivity contribution < 1.29 is 15.1 Å². The lowest BCUT2D eigenvalue weighted by molar-refractivity contribution is 0.175. The van der Waals surface area contributed by atoms with Crippen LogP contribution in [0.4, 0.5) is 0 Å². The number of phenols is 1. The highest BCUT2D eigenvalue weighted by atomic mass is 16.6. The van der Waals surface area contributed by atoms with E-state index >= 15 is 0 Å². The third kappa shape index (κ3) is 4.14. The van der Waals surface area contributed by atoms with Crippen LogP contribution in [-0.4, -0.2) is 34.1 Å². The van der Waals surface area contributed by atoms with Crippen molar-refractivity contribution in [1.82, 2.24) is 4.90 Å².